The van der Waals surface area contributed by atoms with E-state index < -0.39 is 11.8 Å². The van der Waals surface area contributed by atoms with Crippen LogP contribution in [0.4, 0.5) is 4.79 Å². The van der Waals surface area contributed by atoms with Crippen molar-refractivity contribution >= 4 is 28.7 Å². The summed E-state index contributed by atoms with van der Waals surface area (Å²) < 4.78 is 6.84. The summed E-state index contributed by atoms with van der Waals surface area (Å²) in [4.78, 5) is 13.3. The van der Waals surface area contributed by atoms with Gasteiger partial charge >= 0.3 is 6.09 Å². The molecule has 1 aromatic carbocycles. The molecule has 0 aromatic heterocycles. The molecular weight excluding hydrogens is 381 g/mol. The fourth-order valence-corrected chi connectivity index (χ4v) is 3.56. The van der Waals surface area contributed by atoms with Gasteiger partial charge in [-0.1, -0.05) is 32.0 Å². The highest BCUT2D eigenvalue weighted by molar-refractivity contribution is 14.1. The molecule has 0 aliphatic heterocycles. The highest BCUT2D eigenvalue weighted by Gasteiger charge is 2.44. The Hall–Kier alpha value is -0.820. The quantitative estimate of drug-likeness (QED) is 0.559. The van der Waals surface area contributed by atoms with Gasteiger partial charge in [0.15, 0.2) is 5.72 Å². The lowest BCUT2D eigenvalue weighted by Crippen LogP contribution is -2.54. The number of nitrogens with zero attached hydrogens (tertiary/aromatic N) is 1. The molecule has 4 nitrogen and oxygen atoms in total. The Labute approximate surface area is 140 Å². The SMILES string of the molecule is CO[C@](CC(C)C)(c1ccccc1I)N(C(=O)O)C(C)C. The first kappa shape index (κ1) is 18.2. The van der Waals surface area contributed by atoms with Crippen LogP contribution >= 0.6 is 22.6 Å². The molecule has 0 spiro atoms. The van der Waals surface area contributed by atoms with Crippen molar-refractivity contribution in [3.8, 4) is 0 Å². The van der Waals surface area contributed by atoms with Crippen LogP contribution in [-0.4, -0.2) is 29.3 Å². The highest BCUT2D eigenvalue weighted by atomic mass is 127. The summed E-state index contributed by atoms with van der Waals surface area (Å²) in [7, 11) is 1.59. The summed E-state index contributed by atoms with van der Waals surface area (Å²) in [5.41, 5.74) is -0.0655. The molecule has 1 N–H and O–H groups in total. The van der Waals surface area contributed by atoms with E-state index >= 15 is 0 Å². The number of benzene rings is 1. The van der Waals surface area contributed by atoms with E-state index in [4.69, 9.17) is 4.74 Å². The third kappa shape index (κ3) is 3.88. The second kappa shape index (κ2) is 7.45. The number of rotatable bonds is 6. The first-order valence-electron chi connectivity index (χ1n) is 7.08. The molecule has 0 heterocycles. The van der Waals surface area contributed by atoms with Gasteiger partial charge in [-0.05, 0) is 48.4 Å². The normalized spacial score (nSPS) is 14.3. The largest absolute Gasteiger partial charge is 0.465 e. The number of carbonyl (C=O) groups is 1. The first-order valence-corrected chi connectivity index (χ1v) is 8.16. The average Bonchev–Trinajstić information content (AvgIpc) is 2.36. The summed E-state index contributed by atoms with van der Waals surface area (Å²) >= 11 is 2.24. The minimum atomic E-state index is -0.966. The third-order valence-electron chi connectivity index (χ3n) is 3.43. The van der Waals surface area contributed by atoms with Gasteiger partial charge in [0, 0.05) is 28.7 Å². The second-order valence-corrected chi connectivity index (χ2v) is 6.97. The number of amides is 1. The van der Waals surface area contributed by atoms with E-state index in [9.17, 15) is 9.90 Å². The second-order valence-electron chi connectivity index (χ2n) is 5.81. The zero-order valence-corrected chi connectivity index (χ0v) is 15.4. The Kier molecular flexibility index (Phi) is 6.46. The summed E-state index contributed by atoms with van der Waals surface area (Å²) in [6, 6.07) is 7.61. The molecule has 1 aromatic rings. The van der Waals surface area contributed by atoms with Crippen LogP contribution < -0.4 is 0 Å². The number of hydrogen-bond donors (Lipinski definition) is 1. The lowest BCUT2D eigenvalue weighted by atomic mass is 9.90. The number of hydrogen-bond acceptors (Lipinski definition) is 2. The van der Waals surface area contributed by atoms with Gasteiger partial charge in [-0.3, -0.25) is 4.90 Å². The summed E-state index contributed by atoms with van der Waals surface area (Å²) in [6.45, 7) is 7.89. The van der Waals surface area contributed by atoms with Gasteiger partial charge in [0.2, 0.25) is 0 Å². The predicted molar refractivity (Wildman–Crippen MR) is 92.3 cm³/mol. The number of halogens is 1. The molecule has 1 rings (SSSR count). The summed E-state index contributed by atoms with van der Waals surface area (Å²) in [5, 5.41) is 9.72. The van der Waals surface area contributed by atoms with E-state index in [-0.39, 0.29) is 6.04 Å². The minimum absolute atomic E-state index is 0.183. The molecule has 0 bridgehead atoms. The Morgan fingerprint density at radius 3 is 2.29 bits per heavy atom. The number of methoxy groups -OCH3 is 1. The Morgan fingerprint density at radius 1 is 1.33 bits per heavy atom. The average molecular weight is 405 g/mol. The fraction of sp³-hybridized carbons (Fsp3) is 0.562. The molecule has 0 saturated heterocycles. The van der Waals surface area contributed by atoms with E-state index in [0.29, 0.717) is 12.3 Å². The topological polar surface area (TPSA) is 49.8 Å². The van der Waals surface area contributed by atoms with E-state index in [2.05, 4.69) is 36.4 Å². The lowest BCUT2D eigenvalue weighted by Gasteiger charge is -2.45. The van der Waals surface area contributed by atoms with Crippen LogP contribution in [0.2, 0.25) is 0 Å². The van der Waals surface area contributed by atoms with Crippen LogP contribution in [0.25, 0.3) is 0 Å². The first-order chi connectivity index (χ1) is 9.76. The Balaban J connectivity index is 3.54. The molecular formula is C16H24INO3. The molecule has 1 amide bonds. The zero-order valence-electron chi connectivity index (χ0n) is 13.3. The predicted octanol–water partition coefficient (Wildman–Crippen LogP) is 4.52. The standard InChI is InChI=1S/C16H24INO3/c1-11(2)10-16(21-5,18(12(3)4)15(19)20)13-8-6-7-9-14(13)17/h6-9,11-12H,10H2,1-5H3,(H,19,20)/t16-/m1/s1. The molecule has 0 aliphatic rings. The van der Waals surface area contributed by atoms with E-state index in [1.165, 1.54) is 4.90 Å². The molecule has 21 heavy (non-hydrogen) atoms. The zero-order chi connectivity index (χ0) is 16.2. The molecule has 0 aliphatic carbocycles. The van der Waals surface area contributed by atoms with E-state index in [1.54, 1.807) is 7.11 Å². The van der Waals surface area contributed by atoms with Crippen molar-refractivity contribution in [2.75, 3.05) is 7.11 Å². The lowest BCUT2D eigenvalue weighted by molar-refractivity contribution is -0.151. The molecule has 0 unspecified atom stereocenters. The van der Waals surface area contributed by atoms with Gasteiger partial charge in [0.1, 0.15) is 0 Å². The van der Waals surface area contributed by atoms with Crippen LogP contribution in [0, 0.1) is 9.49 Å². The smallest absolute Gasteiger partial charge is 0.410 e. The molecule has 0 fully saturated rings. The number of carboxylic acid groups (broad SMARTS) is 1. The van der Waals surface area contributed by atoms with Crippen molar-refractivity contribution < 1.29 is 14.6 Å². The maximum absolute atomic E-state index is 11.9. The van der Waals surface area contributed by atoms with Gasteiger partial charge in [0.05, 0.1) is 0 Å². The van der Waals surface area contributed by atoms with Crippen LogP contribution in [-0.2, 0) is 10.5 Å². The molecule has 118 valence electrons. The van der Waals surface area contributed by atoms with Gasteiger partial charge in [-0.25, -0.2) is 4.79 Å². The van der Waals surface area contributed by atoms with Crippen molar-refractivity contribution in [1.29, 1.82) is 0 Å². The molecule has 1 atom stereocenters. The van der Waals surface area contributed by atoms with E-state index in [0.717, 1.165) is 9.13 Å². The molecule has 0 radical (unpaired) electrons. The fourth-order valence-electron chi connectivity index (χ4n) is 2.75. The van der Waals surface area contributed by atoms with E-state index in [1.807, 2.05) is 38.1 Å². The Bertz CT molecular complexity index is 490. The highest BCUT2D eigenvalue weighted by Crippen LogP contribution is 2.39. The van der Waals surface area contributed by atoms with Crippen molar-refractivity contribution in [3.05, 3.63) is 33.4 Å². The maximum atomic E-state index is 11.9. The van der Waals surface area contributed by atoms with Crippen molar-refractivity contribution in [1.82, 2.24) is 4.90 Å². The van der Waals surface area contributed by atoms with Gasteiger partial charge < -0.3 is 9.84 Å². The summed E-state index contributed by atoms with van der Waals surface area (Å²) in [6.07, 6.45) is -0.360. The molecule has 0 saturated carbocycles. The van der Waals surface area contributed by atoms with Crippen molar-refractivity contribution in [2.24, 2.45) is 5.92 Å². The summed E-state index contributed by atoms with van der Waals surface area (Å²) in [5.74, 6) is 0.293. The van der Waals surface area contributed by atoms with Crippen molar-refractivity contribution in [2.45, 2.75) is 45.9 Å². The Morgan fingerprint density at radius 2 is 1.90 bits per heavy atom. The van der Waals surface area contributed by atoms with Crippen LogP contribution in [0.3, 0.4) is 0 Å². The van der Waals surface area contributed by atoms with Gasteiger partial charge in [-0.15, -0.1) is 0 Å². The van der Waals surface area contributed by atoms with Crippen LogP contribution in [0.15, 0.2) is 24.3 Å². The molecule has 5 heteroatoms. The number of ether oxygens (including phenoxy) is 1. The minimum Gasteiger partial charge on any atom is -0.465 e. The van der Waals surface area contributed by atoms with Crippen LogP contribution in [0.1, 0.15) is 39.7 Å². The van der Waals surface area contributed by atoms with Gasteiger partial charge in [0.25, 0.3) is 0 Å². The third-order valence-corrected chi connectivity index (χ3v) is 4.37. The van der Waals surface area contributed by atoms with Crippen LogP contribution in [0.5, 0.6) is 0 Å². The van der Waals surface area contributed by atoms with Gasteiger partial charge in [-0.2, -0.15) is 0 Å². The maximum Gasteiger partial charge on any atom is 0.410 e. The van der Waals surface area contributed by atoms with Crippen molar-refractivity contribution in [3.63, 3.8) is 0 Å². The monoisotopic (exact) mass is 405 g/mol.